The van der Waals surface area contributed by atoms with Gasteiger partial charge in [-0.2, -0.15) is 0 Å². The van der Waals surface area contributed by atoms with Gasteiger partial charge in [-0.15, -0.1) is 11.8 Å². The summed E-state index contributed by atoms with van der Waals surface area (Å²) in [7, 11) is 0. The van der Waals surface area contributed by atoms with Gasteiger partial charge in [-0.25, -0.2) is 4.79 Å². The van der Waals surface area contributed by atoms with E-state index in [-0.39, 0.29) is 16.6 Å². The van der Waals surface area contributed by atoms with Gasteiger partial charge in [-0.05, 0) is 37.6 Å². The Kier molecular flexibility index (Phi) is 4.95. The summed E-state index contributed by atoms with van der Waals surface area (Å²) in [4.78, 5) is 27.0. The molecule has 4 nitrogen and oxygen atoms in total. The van der Waals surface area contributed by atoms with Gasteiger partial charge in [0, 0.05) is 27.9 Å². The number of H-pyrrole nitrogens is 1. The predicted molar refractivity (Wildman–Crippen MR) is 102 cm³/mol. The third-order valence-electron chi connectivity index (χ3n) is 4.21. The molecule has 3 rings (SSSR count). The van der Waals surface area contributed by atoms with Gasteiger partial charge in [0.1, 0.15) is 0 Å². The molecular weight excluding hydrogens is 334 g/mol. The van der Waals surface area contributed by atoms with E-state index in [2.05, 4.69) is 4.98 Å². The predicted octanol–water partition coefficient (Wildman–Crippen LogP) is 4.68. The monoisotopic (exact) mass is 353 g/mol. The smallest absolute Gasteiger partial charge is 0.335 e. The van der Waals surface area contributed by atoms with E-state index in [0.29, 0.717) is 5.75 Å². The summed E-state index contributed by atoms with van der Waals surface area (Å²) in [5.74, 6) is -0.159. The number of hydrogen-bond donors (Lipinski definition) is 2. The topological polar surface area (TPSA) is 70.2 Å². The van der Waals surface area contributed by atoms with Crippen molar-refractivity contribution in [1.29, 1.82) is 0 Å². The number of hydrogen-bond acceptors (Lipinski definition) is 3. The van der Waals surface area contributed by atoms with Gasteiger partial charge in [0.25, 0.3) is 0 Å². The third kappa shape index (κ3) is 3.61. The van der Waals surface area contributed by atoms with Crippen molar-refractivity contribution in [3.63, 3.8) is 0 Å². The molecule has 0 fully saturated rings. The minimum atomic E-state index is -0.933. The number of carbonyl (C=O) groups is 2. The molecule has 0 saturated carbocycles. The van der Waals surface area contributed by atoms with Crippen molar-refractivity contribution in [2.75, 3.05) is 0 Å². The first-order valence-corrected chi connectivity index (χ1v) is 9.07. The largest absolute Gasteiger partial charge is 0.478 e. The van der Waals surface area contributed by atoms with Crippen LogP contribution in [0, 0.1) is 6.92 Å². The Morgan fingerprint density at radius 1 is 1.12 bits per heavy atom. The number of rotatable bonds is 6. The van der Waals surface area contributed by atoms with Crippen LogP contribution < -0.4 is 0 Å². The van der Waals surface area contributed by atoms with E-state index in [1.54, 1.807) is 36.0 Å². The molecule has 5 heteroatoms. The standard InChI is InChI=1S/C20H19NO3S/c1-12-18(16-5-3-4-6-17(16)21-12)19(22)13(2)25-11-14-7-9-15(10-8-14)20(23)24/h3-10,13,21H,11H2,1-2H3,(H,23,24)/t13-/m1/s1. The van der Waals surface area contributed by atoms with Crippen molar-refractivity contribution >= 4 is 34.4 Å². The van der Waals surface area contributed by atoms with Gasteiger partial charge < -0.3 is 10.1 Å². The second kappa shape index (κ2) is 7.15. The molecule has 0 radical (unpaired) electrons. The van der Waals surface area contributed by atoms with Gasteiger partial charge >= 0.3 is 5.97 Å². The molecule has 0 saturated heterocycles. The number of aryl methyl sites for hydroxylation is 1. The lowest BCUT2D eigenvalue weighted by Crippen LogP contribution is -2.14. The second-order valence-corrected chi connectivity index (χ2v) is 7.32. The number of benzene rings is 2. The van der Waals surface area contributed by atoms with Crippen molar-refractivity contribution in [1.82, 2.24) is 4.98 Å². The summed E-state index contributed by atoms with van der Waals surface area (Å²) in [6.07, 6.45) is 0. The number of ketones is 1. The first-order valence-electron chi connectivity index (χ1n) is 8.02. The molecule has 2 aromatic carbocycles. The summed E-state index contributed by atoms with van der Waals surface area (Å²) in [5.41, 5.74) is 3.91. The molecule has 0 aliphatic rings. The van der Waals surface area contributed by atoms with Crippen LogP contribution in [0.4, 0.5) is 0 Å². The number of nitrogens with one attached hydrogen (secondary N) is 1. The van der Waals surface area contributed by atoms with Crippen LogP contribution in [-0.2, 0) is 5.75 Å². The minimum Gasteiger partial charge on any atom is -0.478 e. The molecule has 2 N–H and O–H groups in total. The van der Waals surface area contributed by atoms with Crippen LogP contribution in [0.1, 0.15) is 38.9 Å². The lowest BCUT2D eigenvalue weighted by atomic mass is 10.1. The molecule has 128 valence electrons. The fraction of sp³-hybridized carbons (Fsp3) is 0.200. The number of fused-ring (bicyclic) bond motifs is 1. The number of aromatic carboxylic acids is 1. The summed E-state index contributed by atoms with van der Waals surface area (Å²) in [6, 6.07) is 14.6. The molecule has 0 unspecified atom stereocenters. The van der Waals surface area contributed by atoms with Crippen molar-refractivity contribution in [2.45, 2.75) is 24.9 Å². The van der Waals surface area contributed by atoms with E-state index in [1.807, 2.05) is 38.1 Å². The molecule has 0 amide bonds. The highest BCUT2D eigenvalue weighted by Gasteiger charge is 2.21. The van der Waals surface area contributed by atoms with Crippen LogP contribution in [0.5, 0.6) is 0 Å². The Bertz CT molecular complexity index is 928. The molecule has 0 bridgehead atoms. The number of aromatic amines is 1. The first kappa shape index (κ1) is 17.3. The van der Waals surface area contributed by atoms with Crippen LogP contribution in [0.3, 0.4) is 0 Å². The van der Waals surface area contributed by atoms with E-state index >= 15 is 0 Å². The lowest BCUT2D eigenvalue weighted by Gasteiger charge is -2.11. The van der Waals surface area contributed by atoms with Crippen molar-refractivity contribution in [3.05, 3.63) is 70.9 Å². The summed E-state index contributed by atoms with van der Waals surface area (Å²) in [6.45, 7) is 3.84. The molecule has 1 atom stereocenters. The van der Waals surface area contributed by atoms with Gasteiger partial charge in [0.2, 0.25) is 0 Å². The van der Waals surface area contributed by atoms with Crippen LogP contribution in [-0.4, -0.2) is 27.1 Å². The van der Waals surface area contributed by atoms with Crippen LogP contribution in [0.15, 0.2) is 48.5 Å². The SMILES string of the molecule is Cc1[nH]c2ccccc2c1C(=O)[C@@H](C)SCc1ccc(C(=O)O)cc1. The quantitative estimate of drug-likeness (QED) is 0.631. The molecular formula is C20H19NO3S. The highest BCUT2D eigenvalue weighted by Crippen LogP contribution is 2.27. The summed E-state index contributed by atoms with van der Waals surface area (Å²) in [5, 5.41) is 9.71. The molecule has 0 aliphatic heterocycles. The average molecular weight is 353 g/mol. The van der Waals surface area contributed by atoms with Gasteiger partial charge in [0.05, 0.1) is 10.8 Å². The number of aromatic nitrogens is 1. The zero-order valence-corrected chi connectivity index (χ0v) is 14.9. The van der Waals surface area contributed by atoms with Crippen LogP contribution in [0.25, 0.3) is 10.9 Å². The fourth-order valence-electron chi connectivity index (χ4n) is 2.84. The molecule has 1 aromatic heterocycles. The highest BCUT2D eigenvalue weighted by molar-refractivity contribution is 7.99. The minimum absolute atomic E-state index is 0.113. The molecule has 3 aromatic rings. The van der Waals surface area contributed by atoms with Gasteiger partial charge in [-0.1, -0.05) is 30.3 Å². The molecule has 0 aliphatic carbocycles. The number of carboxylic acids is 1. The zero-order valence-electron chi connectivity index (χ0n) is 14.1. The maximum atomic E-state index is 12.9. The number of Topliss-reactive ketones (excluding diaryl/α,β-unsaturated/α-hetero) is 1. The van der Waals surface area contributed by atoms with E-state index in [9.17, 15) is 9.59 Å². The van der Waals surface area contributed by atoms with E-state index in [0.717, 1.165) is 27.7 Å². The maximum Gasteiger partial charge on any atom is 0.335 e. The number of carbonyl (C=O) groups excluding carboxylic acids is 1. The fourth-order valence-corrected chi connectivity index (χ4v) is 3.74. The Hall–Kier alpha value is -2.53. The second-order valence-electron chi connectivity index (χ2n) is 5.99. The first-order chi connectivity index (χ1) is 12.0. The van der Waals surface area contributed by atoms with E-state index in [1.165, 1.54) is 0 Å². The van der Waals surface area contributed by atoms with Crippen LogP contribution >= 0.6 is 11.8 Å². The third-order valence-corrected chi connectivity index (χ3v) is 5.42. The Balaban J connectivity index is 1.72. The molecule has 0 spiro atoms. The maximum absolute atomic E-state index is 12.9. The summed E-state index contributed by atoms with van der Waals surface area (Å²) < 4.78 is 0. The number of thioether (sulfide) groups is 1. The van der Waals surface area contributed by atoms with E-state index in [4.69, 9.17) is 5.11 Å². The lowest BCUT2D eigenvalue weighted by molar-refractivity contribution is 0.0696. The summed E-state index contributed by atoms with van der Waals surface area (Å²) >= 11 is 1.56. The Morgan fingerprint density at radius 2 is 1.80 bits per heavy atom. The molecule has 25 heavy (non-hydrogen) atoms. The van der Waals surface area contributed by atoms with E-state index < -0.39 is 5.97 Å². The highest BCUT2D eigenvalue weighted by atomic mass is 32.2. The number of para-hydroxylation sites is 1. The average Bonchev–Trinajstić information content (AvgIpc) is 2.95. The van der Waals surface area contributed by atoms with Gasteiger partial charge in [-0.3, -0.25) is 4.79 Å². The van der Waals surface area contributed by atoms with Crippen molar-refractivity contribution in [2.24, 2.45) is 0 Å². The zero-order chi connectivity index (χ0) is 18.0. The van der Waals surface area contributed by atoms with Crippen molar-refractivity contribution < 1.29 is 14.7 Å². The normalized spacial score (nSPS) is 12.2. The number of carboxylic acid groups (broad SMARTS) is 1. The van der Waals surface area contributed by atoms with Crippen LogP contribution in [0.2, 0.25) is 0 Å². The Morgan fingerprint density at radius 3 is 2.48 bits per heavy atom. The molecule has 1 heterocycles. The van der Waals surface area contributed by atoms with Gasteiger partial charge in [0.15, 0.2) is 5.78 Å². The van der Waals surface area contributed by atoms with Crippen molar-refractivity contribution in [3.8, 4) is 0 Å². The Labute approximate surface area is 150 Å².